The minimum atomic E-state index is 1.37. The largest absolute Gasteiger partial charge is 0.223 e. The Morgan fingerprint density at radius 2 is 1.44 bits per heavy atom. The highest BCUT2D eigenvalue weighted by atomic mass is 16.1. The first-order chi connectivity index (χ1) is 4.41. The molecule has 0 fully saturated rings. The van der Waals surface area contributed by atoms with Gasteiger partial charge in [0.25, 0.3) is 0 Å². The lowest BCUT2D eigenvalue weighted by molar-refractivity contribution is 0.569. The summed E-state index contributed by atoms with van der Waals surface area (Å²) in [5.74, 6) is 1.37. The van der Waals surface area contributed by atoms with Gasteiger partial charge in [-0.3, -0.25) is 0 Å². The Morgan fingerprint density at radius 3 is 2.00 bits per heavy atom. The Kier molecular flexibility index (Phi) is 4.86. The number of hydrogen-bond acceptors (Lipinski definition) is 1. The van der Waals surface area contributed by atoms with Crippen LogP contribution in [0.25, 0.3) is 0 Å². The summed E-state index contributed by atoms with van der Waals surface area (Å²) in [7, 11) is 0. The van der Waals surface area contributed by atoms with Gasteiger partial charge in [0.2, 0.25) is 0 Å². The molecule has 0 rings (SSSR count). The van der Waals surface area contributed by atoms with Crippen molar-refractivity contribution in [2.75, 3.05) is 0 Å². The van der Waals surface area contributed by atoms with Crippen molar-refractivity contribution in [1.82, 2.24) is 0 Å². The maximum Gasteiger partial charge on any atom is 0.186 e. The van der Waals surface area contributed by atoms with Gasteiger partial charge in [0.05, 0.1) is 0 Å². The molecule has 0 amide bonds. The fraction of sp³-hybridized carbons (Fsp3) is 0. The van der Waals surface area contributed by atoms with Crippen molar-refractivity contribution in [3.63, 3.8) is 0 Å². The summed E-state index contributed by atoms with van der Waals surface area (Å²) >= 11 is 0. The molecule has 0 saturated heterocycles. The molecule has 0 radical (unpaired) electrons. The van der Waals surface area contributed by atoms with Gasteiger partial charge in [-0.1, -0.05) is 5.73 Å². The smallest absolute Gasteiger partial charge is 0.186 e. The third-order valence-electron chi connectivity index (χ3n) is 0.389. The molecule has 0 aromatic heterocycles. The van der Waals surface area contributed by atoms with Crippen molar-refractivity contribution < 1.29 is 4.79 Å². The van der Waals surface area contributed by atoms with E-state index in [-0.39, 0.29) is 0 Å². The average Bonchev–Trinajstić information content (AvgIpc) is 1.89. The first kappa shape index (κ1) is 7.13. The molecule has 0 aromatic carbocycles. The number of carbonyl (C=O) groups excluding carboxylic acids is 1. The van der Waals surface area contributed by atoms with Crippen molar-refractivity contribution in [3.05, 3.63) is 41.0 Å². The summed E-state index contributed by atoms with van der Waals surface area (Å²) in [5, 5.41) is 0. The molecule has 0 N–H and O–H groups in total. The molecule has 1 nitrogen and oxygen atoms in total. The van der Waals surface area contributed by atoms with E-state index in [4.69, 9.17) is 0 Å². The maximum atomic E-state index is 9.42. The maximum absolute atomic E-state index is 9.42. The third-order valence-corrected chi connectivity index (χ3v) is 0.389. The van der Waals surface area contributed by atoms with Gasteiger partial charge in [-0.15, -0.1) is 0 Å². The minimum Gasteiger partial charge on any atom is -0.223 e. The second kappa shape index (κ2) is 6.13. The lowest BCUT2D eigenvalue weighted by Crippen LogP contribution is -1.28. The van der Waals surface area contributed by atoms with Crippen LogP contribution in [0.4, 0.5) is 0 Å². The molecule has 0 aliphatic carbocycles. The van der Waals surface area contributed by atoms with Gasteiger partial charge in [0, 0.05) is 17.2 Å². The molecule has 9 heavy (non-hydrogen) atoms. The molecule has 0 unspecified atom stereocenters. The fourth-order valence-electron chi connectivity index (χ4n) is 0.163. The van der Waals surface area contributed by atoms with E-state index in [1.807, 2.05) is 5.73 Å². The molecule has 0 spiro atoms. The topological polar surface area (TPSA) is 17.1 Å². The van der Waals surface area contributed by atoms with Crippen LogP contribution in [0, 0.1) is 0 Å². The van der Waals surface area contributed by atoms with Gasteiger partial charge >= 0.3 is 0 Å². The summed E-state index contributed by atoms with van der Waals surface area (Å²) in [4.78, 5) is 9.42. The van der Waals surface area contributed by atoms with Crippen LogP contribution in [-0.4, -0.2) is 5.94 Å². The van der Waals surface area contributed by atoms with Crippen LogP contribution in [0.15, 0.2) is 41.0 Å². The second-order valence-electron chi connectivity index (χ2n) is 0.904. The van der Waals surface area contributed by atoms with Crippen molar-refractivity contribution in [2.24, 2.45) is 0 Å². The predicted octanol–water partition coefficient (Wildman–Crippen LogP) is 0.935. The van der Waals surface area contributed by atoms with Gasteiger partial charge < -0.3 is 0 Å². The Balaban J connectivity index is 5.19. The molecule has 40 valence electrons. The third kappa shape index (κ3) is 6.13. The van der Waals surface area contributed by atoms with E-state index >= 15 is 0 Å². The molecule has 0 aliphatic rings. The first-order valence-electron chi connectivity index (χ1n) is 2.06. The zero-order chi connectivity index (χ0) is 6.95. The van der Waals surface area contributed by atoms with E-state index < -0.39 is 0 Å². The zero-order valence-electron chi connectivity index (χ0n) is 4.62. The second-order valence-corrected chi connectivity index (χ2v) is 0.904. The Labute approximate surface area is 52.6 Å². The van der Waals surface area contributed by atoms with Crippen molar-refractivity contribution in [1.29, 1.82) is 0 Å². The van der Waals surface area contributed by atoms with Crippen molar-refractivity contribution >= 4 is 5.94 Å². The van der Waals surface area contributed by atoms with E-state index in [1.165, 1.54) is 5.94 Å². The standard InChI is InChI=1S/C8H2O/c1-2-3-4-5-6-7-8-9/h1H2. The van der Waals surface area contributed by atoms with Gasteiger partial charge in [-0.25, -0.2) is 4.79 Å². The van der Waals surface area contributed by atoms with Gasteiger partial charge in [-0.2, -0.15) is 0 Å². The highest BCUT2D eigenvalue weighted by Crippen LogP contribution is 1.49. The molecule has 0 aromatic rings. The van der Waals surface area contributed by atoms with E-state index in [2.05, 4.69) is 35.2 Å². The highest BCUT2D eigenvalue weighted by Gasteiger charge is 1.36. The van der Waals surface area contributed by atoms with Crippen LogP contribution in [-0.2, 0) is 4.79 Å². The average molecular weight is 114 g/mol. The Morgan fingerprint density at radius 1 is 0.889 bits per heavy atom. The Bertz CT molecular complexity index is 289. The molecule has 0 saturated carbocycles. The quantitative estimate of drug-likeness (QED) is 0.338. The van der Waals surface area contributed by atoms with Crippen LogP contribution in [0.1, 0.15) is 0 Å². The van der Waals surface area contributed by atoms with Crippen LogP contribution in [0.3, 0.4) is 0 Å². The molecule has 0 aliphatic heterocycles. The van der Waals surface area contributed by atoms with Crippen LogP contribution >= 0.6 is 0 Å². The number of rotatable bonds is 0. The summed E-state index contributed by atoms with van der Waals surface area (Å²) < 4.78 is 0. The summed E-state index contributed by atoms with van der Waals surface area (Å²) in [6.07, 6.45) is 0. The van der Waals surface area contributed by atoms with Crippen LogP contribution in [0.2, 0.25) is 0 Å². The highest BCUT2D eigenvalue weighted by molar-refractivity contribution is 5.43. The minimum absolute atomic E-state index is 1.37. The van der Waals surface area contributed by atoms with Crippen LogP contribution < -0.4 is 0 Å². The SMILES string of the molecule is C=C=C=C=C=C=C=C=O. The van der Waals surface area contributed by atoms with E-state index in [1.54, 1.807) is 0 Å². The molecular weight excluding hydrogens is 112 g/mol. The molecular formula is C8H2O. The summed E-state index contributed by atoms with van der Waals surface area (Å²) in [6, 6.07) is 0. The molecule has 0 atom stereocenters. The predicted molar refractivity (Wildman–Crippen MR) is 32.4 cm³/mol. The summed E-state index contributed by atoms with van der Waals surface area (Å²) in [6.45, 7) is 3.21. The van der Waals surface area contributed by atoms with Crippen molar-refractivity contribution in [2.45, 2.75) is 0 Å². The van der Waals surface area contributed by atoms with E-state index in [9.17, 15) is 4.79 Å². The lowest BCUT2D eigenvalue weighted by Gasteiger charge is -1.34. The molecule has 0 bridgehead atoms. The van der Waals surface area contributed by atoms with Gasteiger partial charge in [-0.05, 0) is 18.0 Å². The first-order valence-corrected chi connectivity index (χ1v) is 2.06. The number of hydrogen-bond donors (Lipinski definition) is 0. The van der Waals surface area contributed by atoms with Crippen LogP contribution in [0.5, 0.6) is 0 Å². The Hall–Kier alpha value is -1.87. The zero-order valence-corrected chi connectivity index (χ0v) is 4.62. The van der Waals surface area contributed by atoms with E-state index in [0.717, 1.165) is 0 Å². The summed E-state index contributed by atoms with van der Waals surface area (Å²) in [5.41, 5.74) is 13.5. The molecule has 1 heteroatoms. The van der Waals surface area contributed by atoms with Gasteiger partial charge in [0.15, 0.2) is 5.94 Å². The van der Waals surface area contributed by atoms with Gasteiger partial charge in [0.1, 0.15) is 0 Å². The lowest BCUT2D eigenvalue weighted by atomic mass is 10.7. The monoisotopic (exact) mass is 114 g/mol. The van der Waals surface area contributed by atoms with Crippen molar-refractivity contribution in [3.8, 4) is 0 Å². The molecule has 0 heterocycles. The fourth-order valence-corrected chi connectivity index (χ4v) is 0.163. The normalized spacial score (nSPS) is 3.56. The van der Waals surface area contributed by atoms with E-state index in [0.29, 0.717) is 0 Å².